The van der Waals surface area contributed by atoms with Gasteiger partial charge in [-0.15, -0.1) is 0 Å². The summed E-state index contributed by atoms with van der Waals surface area (Å²) in [7, 11) is -1.54. The summed E-state index contributed by atoms with van der Waals surface area (Å²) in [4.78, 5) is 0. The zero-order valence-corrected chi connectivity index (χ0v) is 15.3. The quantitative estimate of drug-likeness (QED) is 0.568. The highest BCUT2D eigenvalue weighted by Crippen LogP contribution is 2.47. The highest BCUT2D eigenvalue weighted by molar-refractivity contribution is 7.76. The summed E-state index contributed by atoms with van der Waals surface area (Å²) < 4.78 is 11.7. The smallest absolute Gasteiger partial charge is 0.401 e. The lowest BCUT2D eigenvalue weighted by Gasteiger charge is -2.18. The molecule has 0 N–H and O–H groups in total. The van der Waals surface area contributed by atoms with Gasteiger partial charge in [0.1, 0.15) is 11.5 Å². The van der Waals surface area contributed by atoms with Crippen LogP contribution < -0.4 is 9.05 Å². The van der Waals surface area contributed by atoms with Gasteiger partial charge in [-0.05, 0) is 66.8 Å². The van der Waals surface area contributed by atoms with Crippen molar-refractivity contribution in [3.63, 3.8) is 0 Å². The number of hydrogen-bond acceptors (Lipinski definition) is 2. The summed E-state index contributed by atoms with van der Waals surface area (Å²) in [6.45, 7) is 10.4. The fourth-order valence-electron chi connectivity index (χ4n) is 2.27. The molecule has 0 aromatic heterocycles. The molecular formula is C18H22ClO2P. The molecule has 0 amide bonds. The monoisotopic (exact) mass is 336 g/mol. The summed E-state index contributed by atoms with van der Waals surface area (Å²) in [6, 6.07) is 12.2. The normalized spacial score (nSPS) is 12.3. The fourth-order valence-corrected chi connectivity index (χ4v) is 3.43. The van der Waals surface area contributed by atoms with E-state index in [4.69, 9.17) is 20.3 Å². The lowest BCUT2D eigenvalue weighted by atomic mass is 10.0. The average Bonchev–Trinajstić information content (AvgIpc) is 2.41. The van der Waals surface area contributed by atoms with Gasteiger partial charge in [0.2, 0.25) is 0 Å². The second-order valence-corrected chi connectivity index (χ2v) is 7.48. The molecular weight excluding hydrogens is 315 g/mol. The van der Waals surface area contributed by atoms with Crippen molar-refractivity contribution < 1.29 is 9.05 Å². The van der Waals surface area contributed by atoms with Gasteiger partial charge in [0.25, 0.3) is 0 Å². The molecule has 0 spiro atoms. The molecule has 0 heterocycles. The number of rotatable bonds is 5. The van der Waals surface area contributed by atoms with E-state index in [1.54, 1.807) is 0 Å². The number of halogens is 1. The van der Waals surface area contributed by atoms with E-state index in [1.165, 1.54) is 5.56 Å². The van der Waals surface area contributed by atoms with Crippen molar-refractivity contribution in [1.82, 2.24) is 0 Å². The van der Waals surface area contributed by atoms with Crippen molar-refractivity contribution >= 4 is 19.0 Å². The maximum Gasteiger partial charge on any atom is 0.401 e. The van der Waals surface area contributed by atoms with E-state index < -0.39 is 7.73 Å². The Labute approximate surface area is 139 Å². The van der Waals surface area contributed by atoms with Crippen molar-refractivity contribution in [2.75, 3.05) is 0 Å². The van der Waals surface area contributed by atoms with E-state index in [-0.39, 0.29) is 0 Å². The zero-order valence-electron chi connectivity index (χ0n) is 13.7. The van der Waals surface area contributed by atoms with Crippen LogP contribution in [0.15, 0.2) is 36.4 Å². The Morgan fingerprint density at radius 3 is 2.09 bits per heavy atom. The van der Waals surface area contributed by atoms with Gasteiger partial charge in [-0.25, -0.2) is 0 Å². The molecule has 4 heteroatoms. The van der Waals surface area contributed by atoms with Gasteiger partial charge >= 0.3 is 7.73 Å². The number of benzene rings is 2. The third-order valence-electron chi connectivity index (χ3n) is 3.46. The molecule has 1 unspecified atom stereocenters. The topological polar surface area (TPSA) is 18.5 Å². The van der Waals surface area contributed by atoms with Crippen LogP contribution in [0.25, 0.3) is 0 Å². The van der Waals surface area contributed by atoms with Crippen molar-refractivity contribution in [3.05, 3.63) is 58.7 Å². The van der Waals surface area contributed by atoms with E-state index in [0.29, 0.717) is 5.92 Å². The van der Waals surface area contributed by atoms with E-state index in [1.807, 2.05) is 32.0 Å². The Hall–Kier alpha value is -1.24. The highest BCUT2D eigenvalue weighted by Gasteiger charge is 2.16. The molecule has 0 bridgehead atoms. The number of aryl methyl sites for hydroxylation is 3. The first kappa shape index (κ1) is 17.1. The van der Waals surface area contributed by atoms with Gasteiger partial charge in [0, 0.05) is 0 Å². The lowest BCUT2D eigenvalue weighted by Crippen LogP contribution is -1.97. The van der Waals surface area contributed by atoms with E-state index in [0.717, 1.165) is 28.2 Å². The molecule has 0 fully saturated rings. The maximum absolute atomic E-state index is 6.31. The summed E-state index contributed by atoms with van der Waals surface area (Å²) in [5.41, 5.74) is 4.55. The summed E-state index contributed by atoms with van der Waals surface area (Å²) >= 11 is 6.31. The van der Waals surface area contributed by atoms with E-state index in [2.05, 4.69) is 39.0 Å². The van der Waals surface area contributed by atoms with Crippen LogP contribution in [0.5, 0.6) is 11.5 Å². The van der Waals surface area contributed by atoms with Crippen LogP contribution in [0.3, 0.4) is 0 Å². The summed E-state index contributed by atoms with van der Waals surface area (Å²) in [5.74, 6) is 1.95. The first-order chi connectivity index (χ1) is 10.4. The molecule has 0 radical (unpaired) electrons. The minimum absolute atomic E-state index is 0.372. The van der Waals surface area contributed by atoms with Gasteiger partial charge in [-0.2, -0.15) is 0 Å². The maximum atomic E-state index is 6.31. The van der Waals surface area contributed by atoms with Gasteiger partial charge < -0.3 is 9.05 Å². The van der Waals surface area contributed by atoms with Crippen LogP contribution in [-0.2, 0) is 0 Å². The van der Waals surface area contributed by atoms with Gasteiger partial charge in [0.15, 0.2) is 0 Å². The minimum Gasteiger partial charge on any atom is -0.427 e. The molecule has 0 aliphatic rings. The van der Waals surface area contributed by atoms with Crippen molar-refractivity contribution in [2.45, 2.75) is 40.5 Å². The SMILES string of the molecule is Cc1ccc(OP(Cl)Oc2cc(C)ccc2C(C)C)c(C)c1. The molecule has 2 aromatic rings. The summed E-state index contributed by atoms with van der Waals surface area (Å²) in [5, 5.41) is 0. The molecule has 0 saturated heterocycles. The second-order valence-electron chi connectivity index (χ2n) is 5.86. The third-order valence-corrected chi connectivity index (χ3v) is 4.56. The van der Waals surface area contributed by atoms with E-state index in [9.17, 15) is 0 Å². The molecule has 0 aliphatic heterocycles. The molecule has 1 atom stereocenters. The Morgan fingerprint density at radius 2 is 1.45 bits per heavy atom. The number of hydrogen-bond donors (Lipinski definition) is 0. The van der Waals surface area contributed by atoms with Crippen LogP contribution in [0.1, 0.15) is 42.0 Å². The van der Waals surface area contributed by atoms with Crippen LogP contribution in [0.2, 0.25) is 0 Å². The van der Waals surface area contributed by atoms with Crippen LogP contribution in [-0.4, -0.2) is 0 Å². The second kappa shape index (κ2) is 7.35. The molecule has 2 rings (SSSR count). The van der Waals surface area contributed by atoms with Crippen LogP contribution >= 0.6 is 19.0 Å². The Bertz CT molecular complexity index is 656. The standard InChI is InChI=1S/C18H22ClO2P/c1-12(2)16-8-6-14(4)11-18(16)21-22(19)20-17-9-7-13(3)10-15(17)5/h6-12H,1-5H3. The van der Waals surface area contributed by atoms with E-state index >= 15 is 0 Å². The molecule has 118 valence electrons. The van der Waals surface area contributed by atoms with Crippen LogP contribution in [0, 0.1) is 20.8 Å². The van der Waals surface area contributed by atoms with Crippen molar-refractivity contribution in [3.8, 4) is 11.5 Å². The average molecular weight is 337 g/mol. The Kier molecular flexibility index (Phi) is 5.72. The fraction of sp³-hybridized carbons (Fsp3) is 0.333. The largest absolute Gasteiger partial charge is 0.427 e. The predicted molar refractivity (Wildman–Crippen MR) is 95.2 cm³/mol. The molecule has 2 aromatic carbocycles. The van der Waals surface area contributed by atoms with Gasteiger partial charge in [0.05, 0.1) is 0 Å². The first-order valence-corrected chi connectivity index (χ1v) is 9.44. The Balaban J connectivity index is 2.15. The van der Waals surface area contributed by atoms with Crippen molar-refractivity contribution in [1.29, 1.82) is 0 Å². The molecule has 2 nitrogen and oxygen atoms in total. The van der Waals surface area contributed by atoms with Crippen LogP contribution in [0.4, 0.5) is 0 Å². The van der Waals surface area contributed by atoms with Crippen molar-refractivity contribution in [2.24, 2.45) is 0 Å². The highest BCUT2D eigenvalue weighted by atomic mass is 35.7. The third kappa shape index (κ3) is 4.38. The molecule has 0 aliphatic carbocycles. The first-order valence-electron chi connectivity index (χ1n) is 7.36. The summed E-state index contributed by atoms with van der Waals surface area (Å²) in [6.07, 6.45) is 0. The van der Waals surface area contributed by atoms with Gasteiger partial charge in [-0.1, -0.05) is 43.7 Å². The zero-order chi connectivity index (χ0) is 16.3. The predicted octanol–water partition coefficient (Wildman–Crippen LogP) is 6.66. The lowest BCUT2D eigenvalue weighted by molar-refractivity contribution is 0.500. The van der Waals surface area contributed by atoms with Gasteiger partial charge in [-0.3, -0.25) is 0 Å². The minimum atomic E-state index is -1.54. The molecule has 0 saturated carbocycles. The molecule has 22 heavy (non-hydrogen) atoms. The Morgan fingerprint density at radius 1 is 0.864 bits per heavy atom.